The van der Waals surface area contributed by atoms with Crippen molar-refractivity contribution >= 4 is 23.8 Å². The summed E-state index contributed by atoms with van der Waals surface area (Å²) in [4.78, 5) is 69.1. The van der Waals surface area contributed by atoms with E-state index in [0.29, 0.717) is 25.9 Å². The van der Waals surface area contributed by atoms with Crippen molar-refractivity contribution in [2.45, 2.75) is 118 Å². The molecule has 1 saturated heterocycles. The molecule has 2 atom stereocenters. The third kappa shape index (κ3) is 11.8. The van der Waals surface area contributed by atoms with Gasteiger partial charge in [-0.15, -0.1) is 0 Å². The van der Waals surface area contributed by atoms with Crippen molar-refractivity contribution in [2.24, 2.45) is 0 Å². The number of ether oxygens (including phenoxy) is 4. The highest BCUT2D eigenvalue weighted by molar-refractivity contribution is 5.76. The van der Waals surface area contributed by atoms with Gasteiger partial charge in [0.15, 0.2) is 5.75 Å². The second-order valence-corrected chi connectivity index (χ2v) is 14.4. The molecule has 1 heterocycles. The highest BCUT2D eigenvalue weighted by Gasteiger charge is 2.37. The molecule has 13 nitrogen and oxygen atoms in total. The first kappa shape index (κ1) is 37.8. The maximum absolute atomic E-state index is 13.7. The number of esters is 1. The summed E-state index contributed by atoms with van der Waals surface area (Å²) in [5, 5.41) is 2.99. The van der Waals surface area contributed by atoms with Crippen molar-refractivity contribution in [3.05, 3.63) is 20.4 Å². The topological polar surface area (TPSA) is 144 Å². The molecular weight excluding hydrogens is 584 g/mol. The molecule has 13 heteroatoms. The van der Waals surface area contributed by atoms with E-state index in [2.05, 4.69) is 5.32 Å². The Hall–Kier alpha value is -3.35. The maximum Gasteiger partial charge on any atom is 0.410 e. The zero-order valence-corrected chi connectivity index (χ0v) is 29.0. The van der Waals surface area contributed by atoms with Gasteiger partial charge in [-0.05, 0) is 89.0 Å². The first-order valence-electron chi connectivity index (χ1n) is 15.8. The van der Waals surface area contributed by atoms with E-state index in [0.717, 1.165) is 0 Å². The van der Waals surface area contributed by atoms with Crippen LogP contribution in [0.3, 0.4) is 0 Å². The molecule has 1 fully saturated rings. The molecule has 2 amide bonds. The summed E-state index contributed by atoms with van der Waals surface area (Å²) >= 11 is 0. The quantitative estimate of drug-likeness (QED) is 0.183. The number of anilines is 1. The van der Waals surface area contributed by atoms with Gasteiger partial charge in [0.05, 0.1) is 6.61 Å². The second-order valence-electron chi connectivity index (χ2n) is 14.4. The average Bonchev–Trinajstić information content (AvgIpc) is 2.96. The molecule has 1 aromatic carbocycles. The normalized spacial score (nSPS) is 18.0. The van der Waals surface area contributed by atoms with Gasteiger partial charge in [0.25, 0.3) is 10.9 Å². The lowest BCUT2D eigenvalue weighted by atomic mass is 10.1. The van der Waals surface area contributed by atoms with Gasteiger partial charge in [0.1, 0.15) is 28.5 Å². The maximum atomic E-state index is 13.7. The summed E-state index contributed by atoms with van der Waals surface area (Å²) in [6.07, 6.45) is -0.248. The summed E-state index contributed by atoms with van der Waals surface area (Å²) in [5.74, 6) is -0.408. The summed E-state index contributed by atoms with van der Waals surface area (Å²) in [6, 6.07) is -1.06. The van der Waals surface area contributed by atoms with Crippen LogP contribution in [0.1, 0.15) is 89.0 Å². The Labute approximate surface area is 267 Å². The van der Waals surface area contributed by atoms with Crippen LogP contribution in [0.25, 0.3) is 0 Å². The number of hydrogen-bond donors (Lipinski definition) is 1. The minimum absolute atomic E-state index is 0.0318. The molecule has 0 radical (unpaired) electrons. The van der Waals surface area contributed by atoms with Crippen LogP contribution < -0.4 is 20.9 Å². The molecule has 256 valence electrons. The Morgan fingerprint density at radius 2 is 1.31 bits per heavy atom. The van der Waals surface area contributed by atoms with E-state index in [1.807, 2.05) is 11.8 Å². The third-order valence-corrected chi connectivity index (χ3v) is 6.81. The summed E-state index contributed by atoms with van der Waals surface area (Å²) in [7, 11) is 0. The predicted octanol–water partition coefficient (Wildman–Crippen LogP) is 3.76. The zero-order chi connectivity index (χ0) is 34.3. The van der Waals surface area contributed by atoms with E-state index in [1.54, 1.807) is 79.0 Å². The van der Waals surface area contributed by atoms with Crippen LogP contribution in [-0.4, -0.2) is 108 Å². The van der Waals surface area contributed by atoms with Crippen molar-refractivity contribution in [2.75, 3.05) is 51.2 Å². The molecule has 0 aliphatic carbocycles. The Balaban J connectivity index is 2.37. The molecule has 1 aliphatic rings. The Morgan fingerprint density at radius 3 is 1.84 bits per heavy atom. The lowest BCUT2D eigenvalue weighted by molar-refractivity contribution is -0.163. The lowest BCUT2D eigenvalue weighted by Crippen LogP contribution is -2.53. The molecule has 0 bridgehead atoms. The minimum Gasteiger partial charge on any atom is -0.488 e. The molecule has 1 aromatic rings. The molecule has 0 aromatic heterocycles. The van der Waals surface area contributed by atoms with Gasteiger partial charge in [-0.1, -0.05) is 0 Å². The van der Waals surface area contributed by atoms with Crippen molar-refractivity contribution in [1.82, 2.24) is 14.7 Å². The monoisotopic (exact) mass is 638 g/mol. The molecule has 1 N–H and O–H groups in total. The van der Waals surface area contributed by atoms with E-state index in [-0.39, 0.29) is 50.3 Å². The molecule has 2 unspecified atom stereocenters. The molecule has 2 rings (SSSR count). The SMILES string of the molecule is CCOc1c(NCCCC(C(=O)OC(C)(C)C)N2CCN(C(=O)OC(C)(C)C)CCN(C(=O)OC(C)(C)C)CC2C)c(=O)c1=O. The third-order valence-electron chi connectivity index (χ3n) is 6.81. The molecule has 0 saturated carbocycles. The summed E-state index contributed by atoms with van der Waals surface area (Å²) in [6.45, 7) is 21.6. The van der Waals surface area contributed by atoms with Crippen LogP contribution in [0.15, 0.2) is 9.59 Å². The number of carbonyl (C=O) groups excluding carboxylic acids is 3. The molecule has 45 heavy (non-hydrogen) atoms. The number of amides is 2. The van der Waals surface area contributed by atoms with Crippen molar-refractivity contribution in [3.63, 3.8) is 0 Å². The van der Waals surface area contributed by atoms with E-state index in [4.69, 9.17) is 18.9 Å². The smallest absolute Gasteiger partial charge is 0.410 e. The average molecular weight is 639 g/mol. The fourth-order valence-corrected chi connectivity index (χ4v) is 4.90. The Bertz CT molecular complexity index is 1240. The van der Waals surface area contributed by atoms with Crippen LogP contribution >= 0.6 is 0 Å². The van der Waals surface area contributed by atoms with Gasteiger partial charge in [0, 0.05) is 45.3 Å². The van der Waals surface area contributed by atoms with E-state index in [9.17, 15) is 24.0 Å². The Morgan fingerprint density at radius 1 is 0.800 bits per heavy atom. The zero-order valence-electron chi connectivity index (χ0n) is 29.0. The van der Waals surface area contributed by atoms with Gasteiger partial charge in [-0.25, -0.2) is 9.59 Å². The van der Waals surface area contributed by atoms with E-state index >= 15 is 0 Å². The number of nitrogens with zero attached hydrogens (tertiary/aromatic N) is 3. The van der Waals surface area contributed by atoms with Gasteiger partial charge < -0.3 is 34.1 Å². The highest BCUT2D eigenvalue weighted by atomic mass is 16.6. The van der Waals surface area contributed by atoms with Gasteiger partial charge in [-0.2, -0.15) is 0 Å². The number of rotatable bonds is 9. The number of nitrogens with one attached hydrogen (secondary N) is 1. The van der Waals surface area contributed by atoms with Crippen LogP contribution in [0.5, 0.6) is 5.75 Å². The van der Waals surface area contributed by atoms with Gasteiger partial charge in [-0.3, -0.25) is 19.3 Å². The molecular formula is C32H54N4O9. The Kier molecular flexibility index (Phi) is 12.9. The minimum atomic E-state index is -0.753. The fourth-order valence-electron chi connectivity index (χ4n) is 4.90. The summed E-state index contributed by atoms with van der Waals surface area (Å²) in [5.41, 5.74) is -3.33. The van der Waals surface area contributed by atoms with Crippen molar-refractivity contribution < 1.29 is 33.3 Å². The molecule has 1 aliphatic heterocycles. The number of carbonyl (C=O) groups is 3. The fraction of sp³-hybridized carbons (Fsp3) is 0.781. The van der Waals surface area contributed by atoms with Crippen LogP contribution in [0.2, 0.25) is 0 Å². The number of hydrogen-bond acceptors (Lipinski definition) is 11. The van der Waals surface area contributed by atoms with Crippen LogP contribution in [0, 0.1) is 0 Å². The van der Waals surface area contributed by atoms with E-state index in [1.165, 1.54) is 0 Å². The van der Waals surface area contributed by atoms with Crippen LogP contribution in [-0.2, 0) is 19.0 Å². The van der Waals surface area contributed by atoms with Crippen molar-refractivity contribution in [1.29, 1.82) is 0 Å². The second kappa shape index (κ2) is 15.3. The largest absolute Gasteiger partial charge is 0.488 e. The first-order chi connectivity index (χ1) is 20.6. The lowest BCUT2D eigenvalue weighted by Gasteiger charge is -2.38. The first-order valence-corrected chi connectivity index (χ1v) is 15.8. The van der Waals surface area contributed by atoms with Gasteiger partial charge >= 0.3 is 18.2 Å². The molecule has 0 spiro atoms. The van der Waals surface area contributed by atoms with Crippen molar-refractivity contribution in [3.8, 4) is 5.75 Å². The van der Waals surface area contributed by atoms with Gasteiger partial charge in [0.2, 0.25) is 0 Å². The standard InChI is InChI=1S/C32H54N4O9/c1-12-42-26-23(24(37)25(26)38)33-15-13-14-22(27(39)43-30(3,4)5)36-19-18-34(28(40)44-31(6,7)8)16-17-35(20-21(36)2)29(41)45-32(9,10)11/h21-22,33H,12-20H2,1-11H3. The summed E-state index contributed by atoms with van der Waals surface area (Å²) < 4.78 is 22.5. The van der Waals surface area contributed by atoms with E-state index < -0.39 is 51.9 Å². The van der Waals surface area contributed by atoms with Crippen LogP contribution in [0.4, 0.5) is 15.3 Å². The highest BCUT2D eigenvalue weighted by Crippen LogP contribution is 2.22. The predicted molar refractivity (Wildman–Crippen MR) is 172 cm³/mol.